The van der Waals surface area contributed by atoms with Crippen molar-refractivity contribution in [3.63, 3.8) is 0 Å². The van der Waals surface area contributed by atoms with Crippen LogP contribution < -0.4 is 5.32 Å². The minimum absolute atomic E-state index is 0.0315. The number of amides is 1. The van der Waals surface area contributed by atoms with Gasteiger partial charge in [0.15, 0.2) is 0 Å². The smallest absolute Gasteiger partial charge is 0.257 e. The SMILES string of the molecule is CN1CC[C@@H]2CN(C(=O)c3cnc(Nc4ccccc4)nc3)C[C@@H]21. The van der Waals surface area contributed by atoms with Crippen LogP contribution in [0.1, 0.15) is 16.8 Å². The Labute approximate surface area is 141 Å². The fraction of sp³-hybridized carbons (Fsp3) is 0.389. The van der Waals surface area contributed by atoms with Crippen LogP contribution in [0.2, 0.25) is 0 Å². The lowest BCUT2D eigenvalue weighted by atomic mass is 10.1. The van der Waals surface area contributed by atoms with Gasteiger partial charge < -0.3 is 15.1 Å². The fourth-order valence-corrected chi connectivity index (χ4v) is 3.67. The molecule has 6 heteroatoms. The molecule has 124 valence electrons. The van der Waals surface area contributed by atoms with Crippen LogP contribution >= 0.6 is 0 Å². The zero-order valence-corrected chi connectivity index (χ0v) is 13.7. The second-order valence-electron chi connectivity index (χ2n) is 6.59. The highest BCUT2D eigenvalue weighted by Crippen LogP contribution is 2.30. The average molecular weight is 323 g/mol. The third kappa shape index (κ3) is 2.85. The summed E-state index contributed by atoms with van der Waals surface area (Å²) in [4.78, 5) is 25.5. The molecular formula is C18H21N5O. The van der Waals surface area contributed by atoms with Crippen LogP contribution in [0.3, 0.4) is 0 Å². The topological polar surface area (TPSA) is 61.4 Å². The van der Waals surface area contributed by atoms with Crippen LogP contribution in [0, 0.1) is 5.92 Å². The van der Waals surface area contributed by atoms with Crippen LogP contribution in [0.15, 0.2) is 42.7 Å². The van der Waals surface area contributed by atoms with Gasteiger partial charge in [0, 0.05) is 37.2 Å². The summed E-state index contributed by atoms with van der Waals surface area (Å²) in [6.45, 7) is 2.79. The number of likely N-dealkylation sites (N-methyl/N-ethyl adjacent to an activating group) is 1. The third-order valence-corrected chi connectivity index (χ3v) is 5.04. The van der Waals surface area contributed by atoms with Gasteiger partial charge in [-0.2, -0.15) is 0 Å². The summed E-state index contributed by atoms with van der Waals surface area (Å²) in [5.74, 6) is 1.14. The van der Waals surface area contributed by atoms with Gasteiger partial charge in [-0.15, -0.1) is 0 Å². The number of carbonyl (C=O) groups is 1. The normalized spacial score (nSPS) is 23.3. The van der Waals surface area contributed by atoms with E-state index in [1.165, 1.54) is 6.42 Å². The van der Waals surface area contributed by atoms with Gasteiger partial charge in [0.1, 0.15) is 0 Å². The molecule has 2 fully saturated rings. The summed E-state index contributed by atoms with van der Waals surface area (Å²) in [6, 6.07) is 10.2. The lowest BCUT2D eigenvalue weighted by Crippen LogP contribution is -2.35. The lowest BCUT2D eigenvalue weighted by molar-refractivity contribution is 0.0774. The molecule has 1 aromatic carbocycles. The Morgan fingerprint density at radius 2 is 1.92 bits per heavy atom. The summed E-state index contributed by atoms with van der Waals surface area (Å²) in [5.41, 5.74) is 1.48. The van der Waals surface area contributed by atoms with E-state index < -0.39 is 0 Å². The minimum Gasteiger partial charge on any atom is -0.337 e. The molecule has 2 aromatic rings. The maximum atomic E-state index is 12.7. The molecule has 2 atom stereocenters. The molecule has 2 saturated heterocycles. The van der Waals surface area contributed by atoms with Gasteiger partial charge in [0.2, 0.25) is 5.95 Å². The maximum absolute atomic E-state index is 12.7. The van der Waals surface area contributed by atoms with Gasteiger partial charge in [0.05, 0.1) is 5.56 Å². The van der Waals surface area contributed by atoms with Gasteiger partial charge in [-0.25, -0.2) is 9.97 Å². The summed E-state index contributed by atoms with van der Waals surface area (Å²) < 4.78 is 0. The van der Waals surface area contributed by atoms with E-state index in [4.69, 9.17) is 0 Å². The van der Waals surface area contributed by atoms with E-state index in [1.54, 1.807) is 12.4 Å². The molecule has 1 N–H and O–H groups in total. The largest absolute Gasteiger partial charge is 0.337 e. The molecule has 3 heterocycles. The molecule has 6 nitrogen and oxygen atoms in total. The molecular weight excluding hydrogens is 302 g/mol. The number of aromatic nitrogens is 2. The third-order valence-electron chi connectivity index (χ3n) is 5.04. The van der Waals surface area contributed by atoms with E-state index in [1.807, 2.05) is 35.2 Å². The van der Waals surface area contributed by atoms with Crippen LogP contribution in [0.5, 0.6) is 0 Å². The highest BCUT2D eigenvalue weighted by atomic mass is 16.2. The van der Waals surface area contributed by atoms with Crippen molar-refractivity contribution in [1.82, 2.24) is 19.8 Å². The van der Waals surface area contributed by atoms with Crippen LogP contribution in [-0.4, -0.2) is 58.4 Å². The number of rotatable bonds is 3. The highest BCUT2D eigenvalue weighted by Gasteiger charge is 2.41. The Morgan fingerprint density at radius 1 is 1.17 bits per heavy atom. The predicted molar refractivity (Wildman–Crippen MR) is 92.2 cm³/mol. The second-order valence-corrected chi connectivity index (χ2v) is 6.59. The van der Waals surface area contributed by atoms with Crippen molar-refractivity contribution in [3.8, 4) is 0 Å². The molecule has 2 aliphatic heterocycles. The number of nitrogens with zero attached hydrogens (tertiary/aromatic N) is 4. The number of benzene rings is 1. The number of para-hydroxylation sites is 1. The lowest BCUT2D eigenvalue weighted by Gasteiger charge is -2.20. The van der Waals surface area contributed by atoms with Crippen molar-refractivity contribution in [2.24, 2.45) is 5.92 Å². The molecule has 2 aliphatic rings. The Kier molecular flexibility index (Phi) is 3.90. The van der Waals surface area contributed by atoms with E-state index in [9.17, 15) is 4.79 Å². The monoisotopic (exact) mass is 323 g/mol. The number of likely N-dealkylation sites (tertiary alicyclic amines) is 2. The van der Waals surface area contributed by atoms with Crippen LogP contribution in [0.4, 0.5) is 11.6 Å². The van der Waals surface area contributed by atoms with Crippen molar-refractivity contribution in [1.29, 1.82) is 0 Å². The fourth-order valence-electron chi connectivity index (χ4n) is 3.67. The first kappa shape index (κ1) is 15.1. The van der Waals surface area contributed by atoms with Crippen molar-refractivity contribution in [2.45, 2.75) is 12.5 Å². The summed E-state index contributed by atoms with van der Waals surface area (Å²) >= 11 is 0. The molecule has 0 aliphatic carbocycles. The maximum Gasteiger partial charge on any atom is 0.257 e. The zero-order valence-electron chi connectivity index (χ0n) is 13.7. The van der Waals surface area contributed by atoms with E-state index in [-0.39, 0.29) is 5.91 Å². The Morgan fingerprint density at radius 3 is 2.62 bits per heavy atom. The summed E-state index contributed by atoms with van der Waals surface area (Å²) in [6.07, 6.45) is 4.40. The predicted octanol–water partition coefficient (Wildman–Crippen LogP) is 2.00. The standard InChI is InChI=1S/C18H21N5O/c1-22-8-7-13-11-23(12-16(13)22)17(24)14-9-19-18(20-10-14)21-15-5-3-2-4-6-15/h2-6,9-10,13,16H,7-8,11-12H2,1H3,(H,19,20,21)/t13-,16+/m1/s1. The second kappa shape index (κ2) is 6.20. The minimum atomic E-state index is 0.0315. The number of anilines is 2. The number of hydrogen-bond acceptors (Lipinski definition) is 5. The number of hydrogen-bond donors (Lipinski definition) is 1. The molecule has 1 amide bonds. The van der Waals surface area contributed by atoms with Gasteiger partial charge in [-0.3, -0.25) is 4.79 Å². The summed E-state index contributed by atoms with van der Waals surface area (Å²) in [7, 11) is 2.14. The molecule has 0 radical (unpaired) electrons. The van der Waals surface area contributed by atoms with E-state index in [0.29, 0.717) is 23.5 Å². The first-order chi connectivity index (χ1) is 11.7. The highest BCUT2D eigenvalue weighted by molar-refractivity contribution is 5.94. The van der Waals surface area contributed by atoms with Crippen molar-refractivity contribution in [3.05, 3.63) is 48.3 Å². The molecule has 1 aromatic heterocycles. The van der Waals surface area contributed by atoms with Gasteiger partial charge >= 0.3 is 0 Å². The van der Waals surface area contributed by atoms with E-state index in [0.717, 1.165) is 25.3 Å². The van der Waals surface area contributed by atoms with Gasteiger partial charge in [-0.05, 0) is 38.1 Å². The van der Waals surface area contributed by atoms with E-state index in [2.05, 4.69) is 27.2 Å². The number of nitrogens with one attached hydrogen (secondary N) is 1. The first-order valence-corrected chi connectivity index (χ1v) is 8.34. The van der Waals surface area contributed by atoms with Crippen molar-refractivity contribution >= 4 is 17.5 Å². The Bertz CT molecular complexity index is 718. The molecule has 4 rings (SSSR count). The van der Waals surface area contributed by atoms with Crippen LogP contribution in [-0.2, 0) is 0 Å². The van der Waals surface area contributed by atoms with Crippen LogP contribution in [0.25, 0.3) is 0 Å². The average Bonchev–Trinajstić information content (AvgIpc) is 3.18. The number of carbonyl (C=O) groups excluding carboxylic acids is 1. The zero-order chi connectivity index (χ0) is 16.5. The van der Waals surface area contributed by atoms with Crippen molar-refractivity contribution < 1.29 is 4.79 Å². The van der Waals surface area contributed by atoms with Crippen molar-refractivity contribution in [2.75, 3.05) is 32.0 Å². The Hall–Kier alpha value is -2.47. The molecule has 24 heavy (non-hydrogen) atoms. The van der Waals surface area contributed by atoms with Gasteiger partial charge in [0.25, 0.3) is 5.91 Å². The molecule has 0 spiro atoms. The molecule has 0 unspecified atom stereocenters. The Balaban J connectivity index is 1.42. The first-order valence-electron chi connectivity index (χ1n) is 8.34. The summed E-state index contributed by atoms with van der Waals surface area (Å²) in [5, 5.41) is 3.12. The quantitative estimate of drug-likeness (QED) is 0.936. The van der Waals surface area contributed by atoms with E-state index >= 15 is 0 Å². The number of fused-ring (bicyclic) bond motifs is 1. The molecule has 0 saturated carbocycles. The molecule has 0 bridgehead atoms. The van der Waals surface area contributed by atoms with Gasteiger partial charge in [-0.1, -0.05) is 18.2 Å².